The number of rotatable bonds is 5. The highest BCUT2D eigenvalue weighted by molar-refractivity contribution is 5.78. The van der Waals surface area contributed by atoms with Gasteiger partial charge in [-0.15, -0.1) is 0 Å². The van der Waals surface area contributed by atoms with Gasteiger partial charge in [0.25, 0.3) is 0 Å². The number of nitrogens with one attached hydrogen (secondary N) is 1. The lowest BCUT2D eigenvalue weighted by atomic mass is 10.0. The fraction of sp³-hybridized carbons (Fsp3) is 0.474. The molecule has 3 rings (SSSR count). The fourth-order valence-corrected chi connectivity index (χ4v) is 3.24. The van der Waals surface area contributed by atoms with Crippen LogP contribution < -0.4 is 5.32 Å². The summed E-state index contributed by atoms with van der Waals surface area (Å²) in [4.78, 5) is 14.4. The van der Waals surface area contributed by atoms with Crippen molar-refractivity contribution in [3.63, 3.8) is 0 Å². The Morgan fingerprint density at radius 1 is 1.42 bits per heavy atom. The van der Waals surface area contributed by atoms with Crippen molar-refractivity contribution < 1.29 is 4.79 Å². The first-order valence-corrected chi connectivity index (χ1v) is 8.74. The first-order chi connectivity index (χ1) is 11.6. The van der Waals surface area contributed by atoms with Crippen LogP contribution in [0, 0.1) is 5.92 Å². The van der Waals surface area contributed by atoms with Crippen molar-refractivity contribution >= 4 is 5.91 Å². The fourth-order valence-electron chi connectivity index (χ4n) is 3.24. The number of carbonyl (C=O) groups is 1. The molecule has 0 bridgehead atoms. The monoisotopic (exact) mass is 326 g/mol. The number of aromatic nitrogens is 2. The molecule has 1 saturated heterocycles. The van der Waals surface area contributed by atoms with Gasteiger partial charge in [0.05, 0.1) is 12.2 Å². The van der Waals surface area contributed by atoms with Gasteiger partial charge in [-0.2, -0.15) is 5.10 Å². The normalized spacial score (nSPS) is 19.2. The van der Waals surface area contributed by atoms with Gasteiger partial charge in [0.1, 0.15) is 0 Å². The molecule has 1 aromatic carbocycles. The molecule has 0 spiro atoms. The molecule has 5 heteroatoms. The van der Waals surface area contributed by atoms with Gasteiger partial charge < -0.3 is 10.2 Å². The van der Waals surface area contributed by atoms with Crippen LogP contribution >= 0.6 is 0 Å². The Morgan fingerprint density at radius 2 is 2.29 bits per heavy atom. The third-order valence-electron chi connectivity index (χ3n) is 4.71. The number of nitrogens with zero attached hydrogens (tertiary/aromatic N) is 3. The second-order valence-corrected chi connectivity index (χ2v) is 6.74. The third-order valence-corrected chi connectivity index (χ3v) is 4.71. The van der Waals surface area contributed by atoms with Crippen molar-refractivity contribution in [3.05, 3.63) is 48.3 Å². The Morgan fingerprint density at radius 3 is 3.04 bits per heavy atom. The first kappa shape index (κ1) is 16.7. The van der Waals surface area contributed by atoms with Crippen LogP contribution in [0.1, 0.15) is 38.3 Å². The van der Waals surface area contributed by atoms with E-state index >= 15 is 0 Å². The smallest absolute Gasteiger partial charge is 0.236 e. The Labute approximate surface area is 143 Å². The highest BCUT2D eigenvalue weighted by Crippen LogP contribution is 2.18. The molecular weight excluding hydrogens is 300 g/mol. The maximum Gasteiger partial charge on any atom is 0.236 e. The lowest BCUT2D eigenvalue weighted by molar-refractivity contribution is -0.132. The molecule has 2 heterocycles. The quantitative estimate of drug-likeness (QED) is 0.919. The zero-order valence-corrected chi connectivity index (χ0v) is 14.5. The predicted molar refractivity (Wildman–Crippen MR) is 95.0 cm³/mol. The standard InChI is InChI=1S/C19H26N4O/c1-15-6-4-10-22(14-15)19(24)13-20-16(2)17-7-3-8-18(12-17)23-11-5-9-21-23/h3,5,7-9,11-12,15-16,20H,4,6,10,13-14H2,1-2H3/t15-,16+/m0/s1. The van der Waals surface area contributed by atoms with E-state index in [0.29, 0.717) is 12.5 Å². The van der Waals surface area contributed by atoms with E-state index < -0.39 is 0 Å². The van der Waals surface area contributed by atoms with E-state index in [1.807, 2.05) is 34.0 Å². The maximum atomic E-state index is 12.4. The molecule has 0 radical (unpaired) electrons. The topological polar surface area (TPSA) is 50.2 Å². The minimum atomic E-state index is 0.117. The average Bonchev–Trinajstić information content (AvgIpc) is 3.14. The number of likely N-dealkylation sites (tertiary alicyclic amines) is 1. The Kier molecular flexibility index (Phi) is 5.30. The Bertz CT molecular complexity index is 668. The van der Waals surface area contributed by atoms with Crippen LogP contribution in [0.3, 0.4) is 0 Å². The van der Waals surface area contributed by atoms with Crippen molar-refractivity contribution in [2.24, 2.45) is 5.92 Å². The van der Waals surface area contributed by atoms with Crippen LogP contribution in [0.25, 0.3) is 5.69 Å². The molecule has 1 aliphatic heterocycles. The highest BCUT2D eigenvalue weighted by Gasteiger charge is 2.21. The van der Waals surface area contributed by atoms with E-state index in [0.717, 1.165) is 30.8 Å². The summed E-state index contributed by atoms with van der Waals surface area (Å²) in [6.07, 6.45) is 6.05. The molecule has 0 saturated carbocycles. The van der Waals surface area contributed by atoms with Crippen molar-refractivity contribution in [2.45, 2.75) is 32.7 Å². The minimum Gasteiger partial charge on any atom is -0.341 e. The third kappa shape index (κ3) is 4.03. The van der Waals surface area contributed by atoms with Crippen molar-refractivity contribution in [2.75, 3.05) is 19.6 Å². The van der Waals surface area contributed by atoms with Gasteiger partial charge in [0, 0.05) is 31.5 Å². The van der Waals surface area contributed by atoms with E-state index in [4.69, 9.17) is 0 Å². The molecule has 0 unspecified atom stereocenters. The summed E-state index contributed by atoms with van der Waals surface area (Å²) >= 11 is 0. The summed E-state index contributed by atoms with van der Waals surface area (Å²) in [5.41, 5.74) is 2.19. The van der Waals surface area contributed by atoms with Crippen LogP contribution in [-0.4, -0.2) is 40.2 Å². The van der Waals surface area contributed by atoms with Gasteiger partial charge in [-0.3, -0.25) is 4.79 Å². The molecule has 1 aliphatic rings. The van der Waals surface area contributed by atoms with Gasteiger partial charge in [0.2, 0.25) is 5.91 Å². The Hall–Kier alpha value is -2.14. The summed E-state index contributed by atoms with van der Waals surface area (Å²) in [6, 6.07) is 10.3. The second kappa shape index (κ2) is 7.62. The lowest BCUT2D eigenvalue weighted by Gasteiger charge is -2.31. The number of benzene rings is 1. The molecule has 1 amide bonds. The molecule has 24 heavy (non-hydrogen) atoms. The van der Waals surface area contributed by atoms with Crippen LogP contribution in [-0.2, 0) is 4.79 Å². The summed E-state index contributed by atoms with van der Waals surface area (Å²) in [5.74, 6) is 0.822. The van der Waals surface area contributed by atoms with Crippen LogP contribution in [0.2, 0.25) is 0 Å². The molecule has 1 aromatic heterocycles. The SMILES string of the molecule is C[C@H]1CCCN(C(=O)CN[C@H](C)c2cccc(-n3cccn3)c2)C1. The number of hydrogen-bond acceptors (Lipinski definition) is 3. The summed E-state index contributed by atoms with van der Waals surface area (Å²) in [5, 5.41) is 7.63. The van der Waals surface area contributed by atoms with Gasteiger partial charge in [-0.25, -0.2) is 4.68 Å². The number of hydrogen-bond donors (Lipinski definition) is 1. The van der Waals surface area contributed by atoms with E-state index in [-0.39, 0.29) is 11.9 Å². The van der Waals surface area contributed by atoms with E-state index in [1.165, 1.54) is 6.42 Å². The summed E-state index contributed by atoms with van der Waals surface area (Å²) in [6.45, 7) is 6.49. The Balaban J connectivity index is 1.58. The molecule has 1 N–H and O–H groups in total. The van der Waals surface area contributed by atoms with E-state index in [2.05, 4.69) is 36.4 Å². The average molecular weight is 326 g/mol. The van der Waals surface area contributed by atoms with Gasteiger partial charge in [0.15, 0.2) is 0 Å². The molecule has 1 fully saturated rings. The van der Waals surface area contributed by atoms with Gasteiger partial charge in [-0.1, -0.05) is 19.1 Å². The van der Waals surface area contributed by atoms with Crippen molar-refractivity contribution in [1.82, 2.24) is 20.0 Å². The molecule has 5 nitrogen and oxygen atoms in total. The first-order valence-electron chi connectivity index (χ1n) is 8.74. The van der Waals surface area contributed by atoms with E-state index in [1.54, 1.807) is 6.20 Å². The van der Waals surface area contributed by atoms with Gasteiger partial charge >= 0.3 is 0 Å². The molecule has 0 aliphatic carbocycles. The van der Waals surface area contributed by atoms with Gasteiger partial charge in [-0.05, 0) is 49.4 Å². The van der Waals surface area contributed by atoms with Crippen molar-refractivity contribution in [1.29, 1.82) is 0 Å². The number of carbonyl (C=O) groups excluding carboxylic acids is 1. The van der Waals surface area contributed by atoms with Crippen LogP contribution in [0.15, 0.2) is 42.7 Å². The summed E-state index contributed by atoms with van der Waals surface area (Å²) in [7, 11) is 0. The number of piperidine rings is 1. The molecule has 2 atom stereocenters. The maximum absolute atomic E-state index is 12.4. The largest absolute Gasteiger partial charge is 0.341 e. The minimum absolute atomic E-state index is 0.117. The van der Waals surface area contributed by atoms with Crippen LogP contribution in [0.4, 0.5) is 0 Å². The predicted octanol–water partition coefficient (Wildman–Crippen LogP) is 2.78. The van der Waals surface area contributed by atoms with Crippen molar-refractivity contribution in [3.8, 4) is 5.69 Å². The zero-order chi connectivity index (χ0) is 16.9. The molecular formula is C19H26N4O. The summed E-state index contributed by atoms with van der Waals surface area (Å²) < 4.78 is 1.84. The number of amides is 1. The van der Waals surface area contributed by atoms with E-state index in [9.17, 15) is 4.79 Å². The molecule has 2 aromatic rings. The van der Waals surface area contributed by atoms with Crippen LogP contribution in [0.5, 0.6) is 0 Å². The lowest BCUT2D eigenvalue weighted by Crippen LogP contribution is -2.43. The second-order valence-electron chi connectivity index (χ2n) is 6.74. The highest BCUT2D eigenvalue weighted by atomic mass is 16.2. The molecule has 128 valence electrons. The zero-order valence-electron chi connectivity index (χ0n) is 14.5.